The number of nitrogens with zero attached hydrogens (tertiary/aromatic N) is 2. The van der Waals surface area contributed by atoms with Crippen molar-refractivity contribution in [3.8, 4) is 17.2 Å². The van der Waals surface area contributed by atoms with Crippen LogP contribution in [0.5, 0.6) is 17.2 Å². The SMILES string of the molecule is CC(=O)Oc1ccc2c(C)c(CC(=O)N3CCN(C(=O)C4COc5ccccc5O4)CC3)c(=O)oc2c1. The van der Waals surface area contributed by atoms with Crippen molar-refractivity contribution in [1.29, 1.82) is 0 Å². The monoisotopic (exact) mass is 506 g/mol. The van der Waals surface area contributed by atoms with Gasteiger partial charge in [-0.25, -0.2) is 4.79 Å². The number of aryl methyl sites for hydroxylation is 1. The molecular weight excluding hydrogens is 480 g/mol. The molecule has 0 aliphatic carbocycles. The fourth-order valence-electron chi connectivity index (χ4n) is 4.59. The van der Waals surface area contributed by atoms with E-state index in [9.17, 15) is 19.2 Å². The van der Waals surface area contributed by atoms with Gasteiger partial charge in [0.2, 0.25) is 12.0 Å². The number of carbonyl (C=O) groups is 3. The van der Waals surface area contributed by atoms with Gasteiger partial charge in [0.05, 0.1) is 12.0 Å². The molecule has 3 heterocycles. The first-order valence-corrected chi connectivity index (χ1v) is 12.0. The Balaban J connectivity index is 1.22. The molecule has 0 spiro atoms. The highest BCUT2D eigenvalue weighted by molar-refractivity contribution is 5.86. The molecule has 5 rings (SSSR count). The van der Waals surface area contributed by atoms with E-state index < -0.39 is 17.7 Å². The zero-order valence-corrected chi connectivity index (χ0v) is 20.5. The molecule has 0 bridgehead atoms. The van der Waals surface area contributed by atoms with E-state index in [2.05, 4.69) is 0 Å². The Labute approximate surface area is 212 Å². The average molecular weight is 507 g/mol. The summed E-state index contributed by atoms with van der Waals surface area (Å²) in [5, 5.41) is 0.657. The fraction of sp³-hybridized carbons (Fsp3) is 0.333. The molecular formula is C27H26N2O8. The number of benzene rings is 2. The molecule has 2 aromatic carbocycles. The van der Waals surface area contributed by atoms with E-state index in [0.29, 0.717) is 48.6 Å². The maximum atomic E-state index is 13.0. The van der Waals surface area contributed by atoms with E-state index in [-0.39, 0.29) is 41.7 Å². The topological polar surface area (TPSA) is 116 Å². The second kappa shape index (κ2) is 9.96. The number of esters is 1. The second-order valence-corrected chi connectivity index (χ2v) is 8.99. The normalized spacial score (nSPS) is 17.0. The van der Waals surface area contributed by atoms with Crippen LogP contribution in [-0.4, -0.2) is 66.5 Å². The summed E-state index contributed by atoms with van der Waals surface area (Å²) in [7, 11) is 0. The fourth-order valence-corrected chi connectivity index (χ4v) is 4.59. The number of ether oxygens (including phenoxy) is 3. The molecule has 3 aromatic rings. The molecule has 0 saturated carbocycles. The van der Waals surface area contributed by atoms with Crippen molar-refractivity contribution in [2.75, 3.05) is 32.8 Å². The Bertz CT molecular complexity index is 1440. The number of fused-ring (bicyclic) bond motifs is 2. The second-order valence-electron chi connectivity index (χ2n) is 8.99. The Morgan fingerprint density at radius 2 is 1.70 bits per heavy atom. The van der Waals surface area contributed by atoms with Gasteiger partial charge >= 0.3 is 11.6 Å². The third-order valence-corrected chi connectivity index (χ3v) is 6.58. The lowest BCUT2D eigenvalue weighted by atomic mass is 10.0. The Morgan fingerprint density at radius 1 is 1.00 bits per heavy atom. The van der Waals surface area contributed by atoms with Gasteiger partial charge in [-0.2, -0.15) is 0 Å². The zero-order chi connectivity index (χ0) is 26.1. The van der Waals surface area contributed by atoms with E-state index in [1.165, 1.54) is 13.0 Å². The third-order valence-electron chi connectivity index (χ3n) is 6.58. The summed E-state index contributed by atoms with van der Waals surface area (Å²) < 4.78 is 22.0. The number of hydrogen-bond acceptors (Lipinski definition) is 8. The molecule has 1 saturated heterocycles. The summed E-state index contributed by atoms with van der Waals surface area (Å²) in [6.07, 6.45) is -0.844. The average Bonchev–Trinajstić information content (AvgIpc) is 2.90. The van der Waals surface area contributed by atoms with Gasteiger partial charge in [0.15, 0.2) is 11.5 Å². The molecule has 37 heavy (non-hydrogen) atoms. The molecule has 2 aliphatic rings. The van der Waals surface area contributed by atoms with Crippen molar-refractivity contribution in [3.63, 3.8) is 0 Å². The van der Waals surface area contributed by atoms with Crippen molar-refractivity contribution >= 4 is 28.8 Å². The number of rotatable bonds is 4. The maximum Gasteiger partial charge on any atom is 0.340 e. The number of amides is 2. The highest BCUT2D eigenvalue weighted by Gasteiger charge is 2.33. The molecule has 2 aliphatic heterocycles. The lowest BCUT2D eigenvalue weighted by molar-refractivity contribution is -0.146. The van der Waals surface area contributed by atoms with Gasteiger partial charge < -0.3 is 28.4 Å². The highest BCUT2D eigenvalue weighted by atomic mass is 16.6. The van der Waals surface area contributed by atoms with E-state index in [4.69, 9.17) is 18.6 Å². The van der Waals surface area contributed by atoms with Crippen molar-refractivity contribution in [2.24, 2.45) is 0 Å². The van der Waals surface area contributed by atoms with Crippen LogP contribution in [-0.2, 0) is 20.8 Å². The van der Waals surface area contributed by atoms with E-state index in [1.807, 2.05) is 12.1 Å². The molecule has 10 heteroatoms. The summed E-state index contributed by atoms with van der Waals surface area (Å²) in [5.74, 6) is 0.541. The molecule has 1 unspecified atom stereocenters. The summed E-state index contributed by atoms with van der Waals surface area (Å²) in [5.41, 5.74) is 0.586. The Hall–Kier alpha value is -4.34. The number of piperazine rings is 1. The Kier molecular flexibility index (Phi) is 6.56. The van der Waals surface area contributed by atoms with E-state index in [1.54, 1.807) is 41.0 Å². The van der Waals surface area contributed by atoms with Gasteiger partial charge in [-0.3, -0.25) is 14.4 Å². The minimum absolute atomic E-state index is 0.111. The molecule has 2 amide bonds. The highest BCUT2D eigenvalue weighted by Crippen LogP contribution is 2.31. The molecule has 0 N–H and O–H groups in total. The van der Waals surface area contributed by atoms with Gasteiger partial charge in [-0.1, -0.05) is 12.1 Å². The van der Waals surface area contributed by atoms with Crippen LogP contribution in [0.3, 0.4) is 0 Å². The van der Waals surface area contributed by atoms with Crippen LogP contribution >= 0.6 is 0 Å². The van der Waals surface area contributed by atoms with Crippen LogP contribution in [0.2, 0.25) is 0 Å². The molecule has 1 fully saturated rings. The number of carbonyl (C=O) groups excluding carboxylic acids is 3. The zero-order valence-electron chi connectivity index (χ0n) is 20.5. The van der Waals surface area contributed by atoms with Crippen LogP contribution < -0.4 is 19.8 Å². The maximum absolute atomic E-state index is 13.0. The number of hydrogen-bond donors (Lipinski definition) is 0. The molecule has 0 radical (unpaired) electrons. The summed E-state index contributed by atoms with van der Waals surface area (Å²) >= 11 is 0. The predicted molar refractivity (Wildman–Crippen MR) is 132 cm³/mol. The van der Waals surface area contributed by atoms with Crippen LogP contribution in [0.4, 0.5) is 0 Å². The van der Waals surface area contributed by atoms with Gasteiger partial charge in [-0.05, 0) is 36.8 Å². The van der Waals surface area contributed by atoms with E-state index in [0.717, 1.165) is 0 Å². The minimum atomic E-state index is -0.733. The summed E-state index contributed by atoms with van der Waals surface area (Å²) in [6, 6.07) is 12.0. The molecule has 1 aromatic heterocycles. The Morgan fingerprint density at radius 3 is 2.43 bits per heavy atom. The largest absolute Gasteiger partial charge is 0.485 e. The van der Waals surface area contributed by atoms with Crippen molar-refractivity contribution in [3.05, 3.63) is 64.0 Å². The first-order valence-electron chi connectivity index (χ1n) is 12.0. The third kappa shape index (κ3) is 5.00. The standard InChI is InChI=1S/C27H26N2O8/c1-16-19-8-7-18(35-17(2)30)13-23(19)37-27(33)20(16)14-25(31)28-9-11-29(12-10-28)26(32)24-15-34-21-5-3-4-6-22(21)36-24/h3-8,13,24H,9-12,14-15H2,1-2H3. The van der Waals surface area contributed by atoms with Crippen molar-refractivity contribution in [2.45, 2.75) is 26.4 Å². The van der Waals surface area contributed by atoms with E-state index >= 15 is 0 Å². The van der Waals surface area contributed by atoms with Crippen LogP contribution in [0.15, 0.2) is 51.7 Å². The first kappa shape index (κ1) is 24.4. The predicted octanol–water partition coefficient (Wildman–Crippen LogP) is 2.08. The van der Waals surface area contributed by atoms with Gasteiger partial charge in [0.1, 0.15) is 17.9 Å². The minimum Gasteiger partial charge on any atom is -0.485 e. The summed E-state index contributed by atoms with van der Waals surface area (Å²) in [4.78, 5) is 53.2. The smallest absolute Gasteiger partial charge is 0.340 e. The molecule has 192 valence electrons. The molecule has 10 nitrogen and oxygen atoms in total. The van der Waals surface area contributed by atoms with Gasteiger partial charge in [0, 0.05) is 44.6 Å². The van der Waals surface area contributed by atoms with Gasteiger partial charge in [-0.15, -0.1) is 0 Å². The lowest BCUT2D eigenvalue weighted by Gasteiger charge is -2.37. The lowest BCUT2D eigenvalue weighted by Crippen LogP contribution is -2.55. The first-order chi connectivity index (χ1) is 17.8. The van der Waals surface area contributed by atoms with Crippen LogP contribution in [0, 0.1) is 6.92 Å². The number of para-hydroxylation sites is 2. The summed E-state index contributed by atoms with van der Waals surface area (Å²) in [6.45, 7) is 4.58. The van der Waals surface area contributed by atoms with Crippen LogP contribution in [0.25, 0.3) is 11.0 Å². The van der Waals surface area contributed by atoms with Crippen molar-refractivity contribution in [1.82, 2.24) is 9.80 Å². The van der Waals surface area contributed by atoms with Gasteiger partial charge in [0.25, 0.3) is 5.91 Å². The van der Waals surface area contributed by atoms with Crippen LogP contribution in [0.1, 0.15) is 18.1 Å². The van der Waals surface area contributed by atoms with Crippen molar-refractivity contribution < 1.29 is 33.0 Å². The quantitative estimate of drug-likeness (QED) is 0.300. The molecule has 1 atom stereocenters.